The highest BCUT2D eigenvalue weighted by Gasteiger charge is 2.36. The SMILES string of the molecule is Cc1cccc(OC(C)C(=O)NNC(=O)C2CCCN(S(=O)(=O)c3c(C)noc3C)C2)c1C. The smallest absolute Gasteiger partial charge is 0.279 e. The number of nitrogens with zero attached hydrogens (tertiary/aromatic N) is 2. The lowest BCUT2D eigenvalue weighted by molar-refractivity contribution is -0.134. The molecule has 1 fully saturated rings. The van der Waals surface area contributed by atoms with Gasteiger partial charge in [0.15, 0.2) is 11.9 Å². The van der Waals surface area contributed by atoms with Crippen molar-refractivity contribution in [2.75, 3.05) is 13.1 Å². The molecule has 1 aromatic heterocycles. The number of hydrogen-bond acceptors (Lipinski definition) is 7. The fraction of sp³-hybridized carbons (Fsp3) is 0.500. The van der Waals surface area contributed by atoms with Crippen LogP contribution in [0, 0.1) is 33.6 Å². The van der Waals surface area contributed by atoms with Gasteiger partial charge >= 0.3 is 0 Å². The Kier molecular flexibility index (Phi) is 7.43. The Morgan fingerprint density at radius 2 is 1.94 bits per heavy atom. The lowest BCUT2D eigenvalue weighted by atomic mass is 9.99. The summed E-state index contributed by atoms with van der Waals surface area (Å²) in [6, 6.07) is 5.57. The first-order valence-corrected chi connectivity index (χ1v) is 12.2. The van der Waals surface area contributed by atoms with E-state index in [0.29, 0.717) is 25.1 Å². The lowest BCUT2D eigenvalue weighted by Crippen LogP contribution is -2.52. The zero-order chi connectivity index (χ0) is 24.3. The second-order valence-corrected chi connectivity index (χ2v) is 10.2. The number of rotatable bonds is 6. The van der Waals surface area contributed by atoms with Crippen LogP contribution in [-0.4, -0.2) is 48.9 Å². The number of amides is 2. The van der Waals surface area contributed by atoms with Gasteiger partial charge in [-0.25, -0.2) is 8.42 Å². The molecule has 11 heteroatoms. The van der Waals surface area contributed by atoms with Gasteiger partial charge in [-0.2, -0.15) is 4.31 Å². The molecule has 2 unspecified atom stereocenters. The summed E-state index contributed by atoms with van der Waals surface area (Å²) < 4.78 is 38.1. The third-order valence-electron chi connectivity index (χ3n) is 5.86. The van der Waals surface area contributed by atoms with Crippen molar-refractivity contribution in [3.8, 4) is 5.75 Å². The minimum atomic E-state index is -3.84. The van der Waals surface area contributed by atoms with Crippen molar-refractivity contribution in [3.63, 3.8) is 0 Å². The zero-order valence-electron chi connectivity index (χ0n) is 19.5. The molecular formula is C22H30N4O6S. The molecule has 2 amide bonds. The monoisotopic (exact) mass is 478 g/mol. The summed E-state index contributed by atoms with van der Waals surface area (Å²) >= 11 is 0. The van der Waals surface area contributed by atoms with Gasteiger partial charge in [0.25, 0.3) is 5.91 Å². The number of aromatic nitrogens is 1. The maximum atomic E-state index is 13.0. The molecule has 1 aromatic carbocycles. The van der Waals surface area contributed by atoms with Crippen LogP contribution in [0.3, 0.4) is 0 Å². The molecule has 33 heavy (non-hydrogen) atoms. The van der Waals surface area contributed by atoms with Gasteiger partial charge < -0.3 is 9.26 Å². The van der Waals surface area contributed by atoms with E-state index in [1.165, 1.54) is 11.2 Å². The summed E-state index contributed by atoms with van der Waals surface area (Å²) in [4.78, 5) is 25.1. The average molecular weight is 479 g/mol. The first-order chi connectivity index (χ1) is 15.5. The van der Waals surface area contributed by atoms with Crippen LogP contribution in [0.25, 0.3) is 0 Å². The molecule has 1 aliphatic rings. The van der Waals surface area contributed by atoms with Crippen molar-refractivity contribution in [1.29, 1.82) is 0 Å². The topological polar surface area (TPSA) is 131 Å². The fourth-order valence-electron chi connectivity index (χ4n) is 3.77. The molecule has 2 heterocycles. The molecule has 0 bridgehead atoms. The maximum absolute atomic E-state index is 13.0. The van der Waals surface area contributed by atoms with Crippen LogP contribution in [-0.2, 0) is 19.6 Å². The van der Waals surface area contributed by atoms with E-state index in [1.807, 2.05) is 26.0 Å². The van der Waals surface area contributed by atoms with E-state index in [2.05, 4.69) is 16.0 Å². The van der Waals surface area contributed by atoms with E-state index in [4.69, 9.17) is 9.26 Å². The number of benzene rings is 1. The van der Waals surface area contributed by atoms with Gasteiger partial charge in [0, 0.05) is 13.1 Å². The summed E-state index contributed by atoms with van der Waals surface area (Å²) in [6.07, 6.45) is 0.179. The Balaban J connectivity index is 1.58. The third-order valence-corrected chi connectivity index (χ3v) is 7.97. The molecule has 1 aliphatic heterocycles. The Hall–Kier alpha value is -2.92. The van der Waals surface area contributed by atoms with Crippen LogP contribution >= 0.6 is 0 Å². The van der Waals surface area contributed by atoms with Crippen molar-refractivity contribution < 1.29 is 27.3 Å². The summed E-state index contributed by atoms with van der Waals surface area (Å²) in [7, 11) is -3.84. The van der Waals surface area contributed by atoms with E-state index in [0.717, 1.165) is 11.1 Å². The Morgan fingerprint density at radius 1 is 1.21 bits per heavy atom. The number of carbonyl (C=O) groups is 2. The third kappa shape index (κ3) is 5.36. The summed E-state index contributed by atoms with van der Waals surface area (Å²) in [5.74, 6) is -0.772. The number of piperidine rings is 1. The molecule has 2 N–H and O–H groups in total. The van der Waals surface area contributed by atoms with Crippen LogP contribution in [0.15, 0.2) is 27.6 Å². The maximum Gasteiger partial charge on any atom is 0.279 e. The molecule has 2 atom stereocenters. The van der Waals surface area contributed by atoms with Gasteiger partial charge in [-0.1, -0.05) is 17.3 Å². The highest BCUT2D eigenvalue weighted by molar-refractivity contribution is 7.89. The van der Waals surface area contributed by atoms with Gasteiger partial charge in [-0.3, -0.25) is 20.4 Å². The van der Waals surface area contributed by atoms with E-state index < -0.39 is 33.9 Å². The van der Waals surface area contributed by atoms with Crippen molar-refractivity contribution in [3.05, 3.63) is 40.8 Å². The van der Waals surface area contributed by atoms with Gasteiger partial charge in [-0.15, -0.1) is 0 Å². The normalized spacial score (nSPS) is 17.9. The summed E-state index contributed by atoms with van der Waals surface area (Å²) in [5, 5.41) is 3.72. The van der Waals surface area contributed by atoms with Gasteiger partial charge in [0.2, 0.25) is 15.9 Å². The highest BCUT2D eigenvalue weighted by Crippen LogP contribution is 2.27. The highest BCUT2D eigenvalue weighted by atomic mass is 32.2. The zero-order valence-corrected chi connectivity index (χ0v) is 20.3. The van der Waals surface area contributed by atoms with Crippen LogP contribution in [0.5, 0.6) is 5.75 Å². The molecule has 0 saturated carbocycles. The van der Waals surface area contributed by atoms with E-state index in [-0.39, 0.29) is 22.9 Å². The molecule has 1 saturated heterocycles. The molecule has 0 spiro atoms. The average Bonchev–Trinajstić information content (AvgIpc) is 3.13. The summed E-state index contributed by atoms with van der Waals surface area (Å²) in [5.41, 5.74) is 7.04. The van der Waals surface area contributed by atoms with Gasteiger partial charge in [-0.05, 0) is 64.7 Å². The molecule has 0 aliphatic carbocycles. The predicted molar refractivity (Wildman–Crippen MR) is 120 cm³/mol. The van der Waals surface area contributed by atoms with Gasteiger partial charge in [0.1, 0.15) is 16.3 Å². The van der Waals surface area contributed by atoms with Gasteiger partial charge in [0.05, 0.1) is 5.92 Å². The Morgan fingerprint density at radius 3 is 2.61 bits per heavy atom. The largest absolute Gasteiger partial charge is 0.481 e. The number of hydrogen-bond donors (Lipinski definition) is 2. The molecular weight excluding hydrogens is 448 g/mol. The molecule has 0 radical (unpaired) electrons. The Labute approximate surface area is 193 Å². The summed E-state index contributed by atoms with van der Waals surface area (Å²) in [6.45, 7) is 8.84. The number of nitrogens with one attached hydrogen (secondary N) is 2. The minimum absolute atomic E-state index is 0.00262. The Bertz CT molecular complexity index is 1120. The fourth-order valence-corrected chi connectivity index (χ4v) is 5.58. The molecule has 10 nitrogen and oxygen atoms in total. The predicted octanol–water partition coefficient (Wildman–Crippen LogP) is 1.92. The van der Waals surface area contributed by atoms with E-state index in [1.54, 1.807) is 19.9 Å². The molecule has 3 rings (SSSR count). The number of hydrazine groups is 1. The number of sulfonamides is 1. The van der Waals surface area contributed by atoms with E-state index in [9.17, 15) is 18.0 Å². The van der Waals surface area contributed by atoms with E-state index >= 15 is 0 Å². The number of ether oxygens (including phenoxy) is 1. The second-order valence-electron chi connectivity index (χ2n) is 8.29. The van der Waals surface area contributed by atoms with Crippen molar-refractivity contribution >= 4 is 21.8 Å². The van der Waals surface area contributed by atoms with Crippen molar-refractivity contribution in [2.24, 2.45) is 5.92 Å². The molecule has 180 valence electrons. The number of carbonyl (C=O) groups excluding carboxylic acids is 2. The quantitative estimate of drug-likeness (QED) is 0.607. The number of aryl methyl sites for hydroxylation is 3. The van der Waals surface area contributed by atoms with Crippen LogP contribution < -0.4 is 15.6 Å². The van der Waals surface area contributed by atoms with Crippen molar-refractivity contribution in [1.82, 2.24) is 20.3 Å². The standard InChI is InChI=1S/C22H30N4O6S/c1-13-8-6-10-19(14(13)2)31-17(5)21(27)23-24-22(28)18-9-7-11-26(12-18)33(29,30)20-15(3)25-32-16(20)4/h6,8,10,17-18H,7,9,11-12H2,1-5H3,(H,23,27)(H,24,28). The van der Waals surface area contributed by atoms with Crippen LogP contribution in [0.4, 0.5) is 0 Å². The van der Waals surface area contributed by atoms with Crippen LogP contribution in [0.1, 0.15) is 42.3 Å². The van der Waals surface area contributed by atoms with Crippen LogP contribution in [0.2, 0.25) is 0 Å². The second kappa shape index (κ2) is 9.92. The minimum Gasteiger partial charge on any atom is -0.481 e. The first-order valence-electron chi connectivity index (χ1n) is 10.8. The molecule has 2 aromatic rings. The first kappa shape index (κ1) is 24.7. The van der Waals surface area contributed by atoms with Crippen molar-refractivity contribution in [2.45, 2.75) is 58.5 Å². The lowest BCUT2D eigenvalue weighted by Gasteiger charge is -2.31.